The Hall–Kier alpha value is -2.62. The summed E-state index contributed by atoms with van der Waals surface area (Å²) in [6, 6.07) is 5.66. The SMILES string of the molecule is C=C/C(=C/C)OC(c1cc(OC)cc(OC)c1)N(C)C(=C)/C=C\C. The fraction of sp³-hybridized carbons (Fsp3) is 0.300. The zero-order chi connectivity index (χ0) is 18.1. The van der Waals surface area contributed by atoms with E-state index in [4.69, 9.17) is 14.2 Å². The van der Waals surface area contributed by atoms with Crippen molar-refractivity contribution in [2.75, 3.05) is 21.3 Å². The van der Waals surface area contributed by atoms with E-state index < -0.39 is 6.23 Å². The van der Waals surface area contributed by atoms with Gasteiger partial charge in [-0.05, 0) is 44.2 Å². The van der Waals surface area contributed by atoms with Crippen molar-refractivity contribution in [3.63, 3.8) is 0 Å². The number of hydrogen-bond donors (Lipinski definition) is 0. The minimum Gasteiger partial charge on any atom is -0.497 e. The van der Waals surface area contributed by atoms with Crippen LogP contribution < -0.4 is 9.47 Å². The number of hydrogen-bond acceptors (Lipinski definition) is 4. The highest BCUT2D eigenvalue weighted by atomic mass is 16.5. The number of ether oxygens (including phenoxy) is 3. The van der Waals surface area contributed by atoms with Crippen LogP contribution in [0.2, 0.25) is 0 Å². The fourth-order valence-corrected chi connectivity index (χ4v) is 2.17. The maximum atomic E-state index is 6.13. The van der Waals surface area contributed by atoms with Crippen molar-refractivity contribution in [2.24, 2.45) is 0 Å². The molecule has 0 N–H and O–H groups in total. The first-order valence-electron chi connectivity index (χ1n) is 7.73. The van der Waals surface area contributed by atoms with Gasteiger partial charge in [0, 0.05) is 24.4 Å². The summed E-state index contributed by atoms with van der Waals surface area (Å²) in [5.74, 6) is 2.08. The van der Waals surface area contributed by atoms with E-state index in [0.29, 0.717) is 17.3 Å². The summed E-state index contributed by atoms with van der Waals surface area (Å²) < 4.78 is 16.9. The first-order chi connectivity index (χ1) is 11.5. The lowest BCUT2D eigenvalue weighted by atomic mass is 10.1. The van der Waals surface area contributed by atoms with Crippen molar-refractivity contribution in [2.45, 2.75) is 20.1 Å². The summed E-state index contributed by atoms with van der Waals surface area (Å²) >= 11 is 0. The van der Waals surface area contributed by atoms with Crippen LogP contribution in [0.4, 0.5) is 0 Å². The van der Waals surface area contributed by atoms with E-state index in [0.717, 1.165) is 11.3 Å². The standard InChI is InChI=1S/C20H27NO3/c1-8-11-15(4)21(5)20(24-17(9-2)10-3)16-12-18(22-6)14-19(13-16)23-7/h8-14,20H,2,4H2,1,3,5-7H3/b11-8-,17-10-. The molecule has 1 aromatic rings. The van der Waals surface area contributed by atoms with Crippen molar-refractivity contribution in [3.8, 4) is 11.5 Å². The van der Waals surface area contributed by atoms with Gasteiger partial charge in [0.15, 0.2) is 6.23 Å². The van der Waals surface area contributed by atoms with Gasteiger partial charge in [-0.2, -0.15) is 0 Å². The molecule has 0 aliphatic carbocycles. The Balaban J connectivity index is 3.35. The molecule has 0 aliphatic rings. The minimum absolute atomic E-state index is 0.401. The summed E-state index contributed by atoms with van der Waals surface area (Å²) in [6.45, 7) is 11.7. The summed E-state index contributed by atoms with van der Waals surface area (Å²) in [6.07, 6.45) is 7.01. The highest BCUT2D eigenvalue weighted by molar-refractivity contribution is 5.40. The van der Waals surface area contributed by atoms with E-state index >= 15 is 0 Å². The van der Waals surface area contributed by atoms with Gasteiger partial charge in [0.2, 0.25) is 0 Å². The van der Waals surface area contributed by atoms with Gasteiger partial charge in [-0.3, -0.25) is 0 Å². The molecule has 1 aromatic carbocycles. The highest BCUT2D eigenvalue weighted by Crippen LogP contribution is 2.32. The van der Waals surface area contributed by atoms with Crippen LogP contribution in [-0.4, -0.2) is 26.2 Å². The Morgan fingerprint density at radius 3 is 2.12 bits per heavy atom. The van der Waals surface area contributed by atoms with Crippen LogP contribution >= 0.6 is 0 Å². The molecule has 0 radical (unpaired) electrons. The van der Waals surface area contributed by atoms with E-state index in [1.54, 1.807) is 20.3 Å². The molecule has 1 rings (SSSR count). The number of nitrogens with zero attached hydrogens (tertiary/aromatic N) is 1. The molecule has 0 amide bonds. The van der Waals surface area contributed by atoms with Gasteiger partial charge in [-0.15, -0.1) is 0 Å². The van der Waals surface area contributed by atoms with E-state index in [1.807, 2.05) is 62.2 Å². The van der Waals surface area contributed by atoms with Crippen molar-refractivity contribution in [3.05, 3.63) is 72.7 Å². The Bertz CT molecular complexity index is 610. The van der Waals surface area contributed by atoms with E-state index in [1.165, 1.54) is 0 Å². The lowest BCUT2D eigenvalue weighted by molar-refractivity contribution is 0.0174. The third-order valence-electron chi connectivity index (χ3n) is 3.56. The number of methoxy groups -OCH3 is 2. The molecule has 0 aliphatic heterocycles. The molecule has 0 aromatic heterocycles. The molecule has 24 heavy (non-hydrogen) atoms. The van der Waals surface area contributed by atoms with Crippen LogP contribution in [0.5, 0.6) is 11.5 Å². The second kappa shape index (κ2) is 9.50. The molecular formula is C20H27NO3. The van der Waals surface area contributed by atoms with Gasteiger partial charge in [0.1, 0.15) is 17.3 Å². The molecule has 1 unspecified atom stereocenters. The number of likely N-dealkylation sites (N-methyl/N-ethyl adjacent to an activating group) is 1. The summed E-state index contributed by atoms with van der Waals surface area (Å²) in [5.41, 5.74) is 1.71. The molecular weight excluding hydrogens is 302 g/mol. The third kappa shape index (κ3) is 4.95. The van der Waals surface area contributed by atoms with Gasteiger partial charge in [0.05, 0.1) is 14.2 Å². The lowest BCUT2D eigenvalue weighted by Crippen LogP contribution is -2.25. The number of rotatable bonds is 9. The van der Waals surface area contributed by atoms with Gasteiger partial charge in [0.25, 0.3) is 0 Å². The van der Waals surface area contributed by atoms with Crippen LogP contribution in [0, 0.1) is 0 Å². The molecule has 1 atom stereocenters. The quantitative estimate of drug-likeness (QED) is 0.369. The van der Waals surface area contributed by atoms with Crippen molar-refractivity contribution >= 4 is 0 Å². The monoisotopic (exact) mass is 329 g/mol. The summed E-state index contributed by atoms with van der Waals surface area (Å²) in [5, 5.41) is 0. The second-order valence-electron chi connectivity index (χ2n) is 5.11. The average Bonchev–Trinajstić information content (AvgIpc) is 2.61. The zero-order valence-corrected chi connectivity index (χ0v) is 15.2. The van der Waals surface area contributed by atoms with Crippen LogP contribution in [0.1, 0.15) is 25.6 Å². The van der Waals surface area contributed by atoms with Gasteiger partial charge in [-0.1, -0.05) is 19.2 Å². The van der Waals surface area contributed by atoms with Gasteiger partial charge < -0.3 is 19.1 Å². The largest absolute Gasteiger partial charge is 0.497 e. The first-order valence-corrected chi connectivity index (χ1v) is 7.73. The molecule has 4 nitrogen and oxygen atoms in total. The molecule has 0 saturated carbocycles. The van der Waals surface area contributed by atoms with Crippen molar-refractivity contribution in [1.29, 1.82) is 0 Å². The molecule has 0 bridgehead atoms. The third-order valence-corrected chi connectivity index (χ3v) is 3.56. The summed E-state index contributed by atoms with van der Waals surface area (Å²) in [4.78, 5) is 1.95. The van der Waals surface area contributed by atoms with Crippen molar-refractivity contribution in [1.82, 2.24) is 4.90 Å². The molecule has 0 saturated heterocycles. The van der Waals surface area contributed by atoms with Crippen LogP contribution in [0.3, 0.4) is 0 Å². The van der Waals surface area contributed by atoms with Gasteiger partial charge in [-0.25, -0.2) is 0 Å². The van der Waals surface area contributed by atoms with Crippen molar-refractivity contribution < 1.29 is 14.2 Å². The molecule has 0 spiro atoms. The van der Waals surface area contributed by atoms with Crippen LogP contribution in [0.15, 0.2) is 67.1 Å². The number of benzene rings is 1. The lowest BCUT2D eigenvalue weighted by Gasteiger charge is -2.31. The van der Waals surface area contributed by atoms with Crippen LogP contribution in [-0.2, 0) is 4.74 Å². The molecule has 130 valence electrons. The molecule has 0 fully saturated rings. The van der Waals surface area contributed by atoms with E-state index in [2.05, 4.69) is 13.2 Å². The second-order valence-corrected chi connectivity index (χ2v) is 5.11. The Morgan fingerprint density at radius 1 is 1.12 bits per heavy atom. The van der Waals surface area contributed by atoms with E-state index in [9.17, 15) is 0 Å². The first kappa shape index (κ1) is 19.4. The molecule has 0 heterocycles. The maximum Gasteiger partial charge on any atom is 0.198 e. The zero-order valence-electron chi connectivity index (χ0n) is 15.2. The predicted octanol–water partition coefficient (Wildman–Crippen LogP) is 4.83. The average molecular weight is 329 g/mol. The maximum absolute atomic E-state index is 6.13. The van der Waals surface area contributed by atoms with E-state index in [-0.39, 0.29) is 0 Å². The minimum atomic E-state index is -0.401. The van der Waals surface area contributed by atoms with Crippen LogP contribution in [0.25, 0.3) is 0 Å². The Morgan fingerprint density at radius 2 is 1.71 bits per heavy atom. The Kier molecular flexibility index (Phi) is 7.69. The predicted molar refractivity (Wildman–Crippen MR) is 99.0 cm³/mol. The highest BCUT2D eigenvalue weighted by Gasteiger charge is 2.21. The Labute approximate surface area is 145 Å². The smallest absolute Gasteiger partial charge is 0.198 e. The molecule has 4 heteroatoms. The number of allylic oxidation sites excluding steroid dienone is 4. The fourth-order valence-electron chi connectivity index (χ4n) is 2.17. The van der Waals surface area contributed by atoms with Gasteiger partial charge >= 0.3 is 0 Å². The topological polar surface area (TPSA) is 30.9 Å². The normalized spacial score (nSPS) is 12.6. The summed E-state index contributed by atoms with van der Waals surface area (Å²) in [7, 11) is 5.17.